The van der Waals surface area contributed by atoms with Crippen LogP contribution in [0.1, 0.15) is 16.8 Å². The highest BCUT2D eigenvalue weighted by atomic mass is 16.5. The van der Waals surface area contributed by atoms with Crippen LogP contribution in [0.3, 0.4) is 0 Å². The maximum absolute atomic E-state index is 12.6. The second-order valence-corrected chi connectivity index (χ2v) is 6.62. The van der Waals surface area contributed by atoms with E-state index in [4.69, 9.17) is 4.74 Å². The van der Waals surface area contributed by atoms with Crippen molar-refractivity contribution in [3.05, 3.63) is 66.4 Å². The van der Waals surface area contributed by atoms with Gasteiger partial charge in [-0.2, -0.15) is 5.10 Å². The number of carbonyl (C=O) groups is 2. The number of hydrogen-bond acceptors (Lipinski definition) is 4. The van der Waals surface area contributed by atoms with Gasteiger partial charge in [-0.3, -0.25) is 14.7 Å². The Kier molecular flexibility index (Phi) is 4.80. The SMILES string of the molecule is COc1ccc(N2CC(NC(=O)c3ccc(-c4ccn[nH]4)cc3)CC2=O)cc1. The van der Waals surface area contributed by atoms with Crippen molar-refractivity contribution in [3.63, 3.8) is 0 Å². The molecule has 1 unspecified atom stereocenters. The first-order valence-corrected chi connectivity index (χ1v) is 8.99. The molecule has 1 saturated heterocycles. The van der Waals surface area contributed by atoms with Crippen molar-refractivity contribution in [1.29, 1.82) is 0 Å². The van der Waals surface area contributed by atoms with E-state index in [1.165, 1.54) is 0 Å². The second-order valence-electron chi connectivity index (χ2n) is 6.62. The zero-order valence-electron chi connectivity index (χ0n) is 15.4. The number of benzene rings is 2. The third kappa shape index (κ3) is 3.59. The molecule has 7 nitrogen and oxygen atoms in total. The zero-order valence-corrected chi connectivity index (χ0v) is 15.4. The van der Waals surface area contributed by atoms with Gasteiger partial charge in [0.2, 0.25) is 5.91 Å². The summed E-state index contributed by atoms with van der Waals surface area (Å²) in [6, 6.07) is 16.2. The van der Waals surface area contributed by atoms with Crippen molar-refractivity contribution in [1.82, 2.24) is 15.5 Å². The van der Waals surface area contributed by atoms with Crippen molar-refractivity contribution in [2.75, 3.05) is 18.6 Å². The van der Waals surface area contributed by atoms with Gasteiger partial charge in [-0.1, -0.05) is 12.1 Å². The van der Waals surface area contributed by atoms with Gasteiger partial charge in [0.1, 0.15) is 5.75 Å². The molecular weight excluding hydrogens is 356 g/mol. The average molecular weight is 376 g/mol. The highest BCUT2D eigenvalue weighted by Crippen LogP contribution is 2.24. The van der Waals surface area contributed by atoms with E-state index in [0.717, 1.165) is 22.7 Å². The molecule has 142 valence electrons. The number of rotatable bonds is 5. The third-order valence-corrected chi connectivity index (χ3v) is 4.80. The van der Waals surface area contributed by atoms with Gasteiger partial charge >= 0.3 is 0 Å². The van der Waals surface area contributed by atoms with Gasteiger partial charge in [0.15, 0.2) is 0 Å². The van der Waals surface area contributed by atoms with Gasteiger partial charge in [-0.25, -0.2) is 0 Å². The summed E-state index contributed by atoms with van der Waals surface area (Å²) in [5.41, 5.74) is 3.20. The lowest BCUT2D eigenvalue weighted by atomic mass is 10.1. The van der Waals surface area contributed by atoms with Crippen LogP contribution < -0.4 is 15.0 Å². The van der Waals surface area contributed by atoms with Crippen LogP contribution in [-0.2, 0) is 4.79 Å². The largest absolute Gasteiger partial charge is 0.497 e. The first kappa shape index (κ1) is 17.8. The molecule has 1 atom stereocenters. The fourth-order valence-corrected chi connectivity index (χ4v) is 3.30. The van der Waals surface area contributed by atoms with E-state index >= 15 is 0 Å². The van der Waals surface area contributed by atoms with Crippen LogP contribution in [0.25, 0.3) is 11.3 Å². The number of ether oxygens (including phenoxy) is 1. The third-order valence-electron chi connectivity index (χ3n) is 4.80. The number of aromatic nitrogens is 2. The van der Waals surface area contributed by atoms with Gasteiger partial charge in [0.05, 0.1) is 18.8 Å². The quantitative estimate of drug-likeness (QED) is 0.717. The van der Waals surface area contributed by atoms with E-state index in [-0.39, 0.29) is 24.3 Å². The first-order valence-electron chi connectivity index (χ1n) is 8.99. The topological polar surface area (TPSA) is 87.3 Å². The first-order chi connectivity index (χ1) is 13.6. The van der Waals surface area contributed by atoms with Crippen LogP contribution in [0.5, 0.6) is 5.75 Å². The number of amides is 2. The molecule has 0 spiro atoms. The monoisotopic (exact) mass is 376 g/mol. The van der Waals surface area contributed by atoms with Crippen molar-refractivity contribution >= 4 is 17.5 Å². The van der Waals surface area contributed by atoms with Crippen molar-refractivity contribution in [3.8, 4) is 17.0 Å². The highest BCUT2D eigenvalue weighted by Gasteiger charge is 2.31. The Morgan fingerprint density at radius 1 is 1.14 bits per heavy atom. The van der Waals surface area contributed by atoms with Gasteiger partial charge in [0.25, 0.3) is 5.91 Å². The molecule has 4 rings (SSSR count). The lowest BCUT2D eigenvalue weighted by Crippen LogP contribution is -2.37. The minimum Gasteiger partial charge on any atom is -0.497 e. The van der Waals surface area contributed by atoms with Gasteiger partial charge < -0.3 is 15.0 Å². The Bertz CT molecular complexity index is 966. The van der Waals surface area contributed by atoms with Crippen LogP contribution in [0, 0.1) is 0 Å². The zero-order chi connectivity index (χ0) is 19.5. The lowest BCUT2D eigenvalue weighted by molar-refractivity contribution is -0.117. The maximum Gasteiger partial charge on any atom is 0.251 e. The molecule has 1 aromatic heterocycles. The van der Waals surface area contributed by atoms with E-state index in [1.54, 1.807) is 30.3 Å². The van der Waals surface area contributed by atoms with E-state index in [0.29, 0.717) is 12.1 Å². The standard InChI is InChI=1S/C21H20N4O3/c1-28-18-8-6-17(7-9-18)25-13-16(12-20(25)26)23-21(27)15-4-2-14(3-5-15)19-10-11-22-24-19/h2-11,16H,12-13H2,1H3,(H,22,24)(H,23,27). The highest BCUT2D eigenvalue weighted by molar-refractivity contribution is 5.99. The average Bonchev–Trinajstić information content (AvgIpc) is 3.38. The van der Waals surface area contributed by atoms with Crippen LogP contribution in [0.2, 0.25) is 0 Å². The molecule has 28 heavy (non-hydrogen) atoms. The number of anilines is 1. The molecule has 2 heterocycles. The Balaban J connectivity index is 1.40. The van der Waals surface area contributed by atoms with Gasteiger partial charge in [0, 0.05) is 30.4 Å². The number of carbonyl (C=O) groups excluding carboxylic acids is 2. The molecule has 1 fully saturated rings. The lowest BCUT2D eigenvalue weighted by Gasteiger charge is -2.17. The Morgan fingerprint density at radius 2 is 1.89 bits per heavy atom. The Morgan fingerprint density at radius 3 is 2.54 bits per heavy atom. The Hall–Kier alpha value is -3.61. The molecule has 3 aromatic rings. The van der Waals surface area contributed by atoms with Crippen LogP contribution in [-0.4, -0.2) is 41.7 Å². The van der Waals surface area contributed by atoms with Crippen LogP contribution in [0.15, 0.2) is 60.8 Å². The fourth-order valence-electron chi connectivity index (χ4n) is 3.30. The van der Waals surface area contributed by atoms with E-state index in [9.17, 15) is 9.59 Å². The summed E-state index contributed by atoms with van der Waals surface area (Å²) < 4.78 is 5.15. The maximum atomic E-state index is 12.6. The molecule has 7 heteroatoms. The molecule has 0 radical (unpaired) electrons. The normalized spacial score (nSPS) is 16.2. The fraction of sp³-hybridized carbons (Fsp3) is 0.190. The molecular formula is C21H20N4O3. The molecule has 0 saturated carbocycles. The molecule has 1 aliphatic heterocycles. The number of nitrogens with one attached hydrogen (secondary N) is 2. The number of hydrogen-bond donors (Lipinski definition) is 2. The van der Waals surface area contributed by atoms with Crippen molar-refractivity contribution in [2.24, 2.45) is 0 Å². The predicted octanol–water partition coefficient (Wildman–Crippen LogP) is 2.62. The summed E-state index contributed by atoms with van der Waals surface area (Å²) in [5, 5.41) is 9.77. The Labute approximate surface area is 162 Å². The summed E-state index contributed by atoms with van der Waals surface area (Å²) in [6.45, 7) is 0.448. The molecule has 0 aliphatic carbocycles. The second kappa shape index (κ2) is 7.56. The van der Waals surface area contributed by atoms with Gasteiger partial charge in [-0.05, 0) is 48.0 Å². The number of aromatic amines is 1. The minimum absolute atomic E-state index is 0.00920. The minimum atomic E-state index is -0.227. The molecule has 2 aromatic carbocycles. The van der Waals surface area contributed by atoms with Crippen LogP contribution >= 0.6 is 0 Å². The number of nitrogens with zero attached hydrogens (tertiary/aromatic N) is 2. The van der Waals surface area contributed by atoms with Crippen molar-refractivity contribution in [2.45, 2.75) is 12.5 Å². The van der Waals surface area contributed by atoms with E-state index in [2.05, 4.69) is 15.5 Å². The molecule has 1 aliphatic rings. The molecule has 2 N–H and O–H groups in total. The summed E-state index contributed by atoms with van der Waals surface area (Å²) in [7, 11) is 1.60. The smallest absolute Gasteiger partial charge is 0.251 e. The van der Waals surface area contributed by atoms with E-state index < -0.39 is 0 Å². The summed E-state index contributed by atoms with van der Waals surface area (Å²) in [5.74, 6) is 0.537. The number of methoxy groups -OCH3 is 1. The number of H-pyrrole nitrogens is 1. The summed E-state index contributed by atoms with van der Waals surface area (Å²) in [4.78, 5) is 26.6. The molecule has 2 amide bonds. The predicted molar refractivity (Wildman–Crippen MR) is 105 cm³/mol. The van der Waals surface area contributed by atoms with E-state index in [1.807, 2.05) is 42.5 Å². The molecule has 0 bridgehead atoms. The van der Waals surface area contributed by atoms with Crippen molar-refractivity contribution < 1.29 is 14.3 Å². The van der Waals surface area contributed by atoms with Gasteiger partial charge in [-0.15, -0.1) is 0 Å². The summed E-state index contributed by atoms with van der Waals surface area (Å²) >= 11 is 0. The van der Waals surface area contributed by atoms with Crippen LogP contribution in [0.4, 0.5) is 5.69 Å². The summed E-state index contributed by atoms with van der Waals surface area (Å²) in [6.07, 6.45) is 1.96.